The first kappa shape index (κ1) is 58.8. The fourth-order valence-corrected chi connectivity index (χ4v) is 6.21. The van der Waals surface area contributed by atoms with Crippen molar-refractivity contribution in [3.8, 4) is 0 Å². The zero-order chi connectivity index (χ0) is 45.8. The van der Waals surface area contributed by atoms with E-state index < -0.39 is 6.10 Å². The number of carbonyl (C=O) groups is 3. The topological polar surface area (TPSA) is 78.9 Å². The molecule has 0 saturated carbocycles. The van der Waals surface area contributed by atoms with Crippen molar-refractivity contribution in [1.29, 1.82) is 0 Å². The van der Waals surface area contributed by atoms with Crippen molar-refractivity contribution in [1.82, 2.24) is 0 Å². The summed E-state index contributed by atoms with van der Waals surface area (Å²) in [5.41, 5.74) is 0. The van der Waals surface area contributed by atoms with Gasteiger partial charge in [0.25, 0.3) is 0 Å². The molecular formula is C57H90O6. The van der Waals surface area contributed by atoms with Gasteiger partial charge in [-0.2, -0.15) is 0 Å². The van der Waals surface area contributed by atoms with Gasteiger partial charge >= 0.3 is 17.9 Å². The van der Waals surface area contributed by atoms with Crippen LogP contribution < -0.4 is 0 Å². The summed E-state index contributed by atoms with van der Waals surface area (Å²) >= 11 is 0. The lowest BCUT2D eigenvalue weighted by Crippen LogP contribution is -2.30. The van der Waals surface area contributed by atoms with Gasteiger partial charge in [-0.05, 0) is 116 Å². The van der Waals surface area contributed by atoms with E-state index in [0.717, 1.165) is 128 Å². The Morgan fingerprint density at radius 1 is 0.333 bits per heavy atom. The van der Waals surface area contributed by atoms with E-state index in [4.69, 9.17) is 14.2 Å². The molecular weight excluding hydrogens is 781 g/mol. The molecule has 354 valence electrons. The molecule has 0 aromatic rings. The van der Waals surface area contributed by atoms with Gasteiger partial charge in [0.15, 0.2) is 6.10 Å². The van der Waals surface area contributed by atoms with Crippen molar-refractivity contribution in [2.45, 2.75) is 207 Å². The van der Waals surface area contributed by atoms with Crippen LogP contribution in [0.2, 0.25) is 0 Å². The normalized spacial score (nSPS) is 13.1. The summed E-state index contributed by atoms with van der Waals surface area (Å²) in [6.45, 7) is 6.27. The van der Waals surface area contributed by atoms with E-state index in [1.54, 1.807) is 0 Å². The molecule has 0 spiro atoms. The Balaban J connectivity index is 4.55. The fraction of sp³-hybridized carbons (Fsp3) is 0.596. The molecule has 0 bridgehead atoms. The van der Waals surface area contributed by atoms with Gasteiger partial charge in [-0.15, -0.1) is 0 Å². The molecule has 6 nitrogen and oxygen atoms in total. The first-order valence-electron chi connectivity index (χ1n) is 25.0. The lowest BCUT2D eigenvalue weighted by Gasteiger charge is -2.18. The predicted molar refractivity (Wildman–Crippen MR) is 269 cm³/mol. The maximum Gasteiger partial charge on any atom is 0.306 e. The van der Waals surface area contributed by atoms with E-state index >= 15 is 0 Å². The second kappa shape index (κ2) is 50.5. The minimum atomic E-state index is -0.820. The quantitative estimate of drug-likeness (QED) is 0.0263. The van der Waals surface area contributed by atoms with Crippen LogP contribution in [0, 0.1) is 0 Å². The van der Waals surface area contributed by atoms with E-state index in [1.165, 1.54) is 25.7 Å². The molecule has 0 heterocycles. The molecule has 0 amide bonds. The van der Waals surface area contributed by atoms with Gasteiger partial charge in [-0.1, -0.05) is 187 Å². The number of unbranched alkanes of at least 4 members (excludes halogenated alkanes) is 12. The lowest BCUT2D eigenvalue weighted by molar-refractivity contribution is -0.167. The Morgan fingerprint density at radius 3 is 1.05 bits per heavy atom. The van der Waals surface area contributed by atoms with Gasteiger partial charge in [0, 0.05) is 19.3 Å². The summed E-state index contributed by atoms with van der Waals surface area (Å²) in [5.74, 6) is -1.02. The molecule has 0 aliphatic carbocycles. The summed E-state index contributed by atoms with van der Waals surface area (Å²) < 4.78 is 16.7. The Kier molecular flexibility index (Phi) is 47.1. The molecule has 0 radical (unpaired) electrons. The number of allylic oxidation sites excluding steroid dienone is 20. The van der Waals surface area contributed by atoms with Crippen LogP contribution in [0.4, 0.5) is 0 Å². The number of ether oxygens (including phenoxy) is 3. The largest absolute Gasteiger partial charge is 0.462 e. The molecule has 0 saturated heterocycles. The van der Waals surface area contributed by atoms with E-state index in [9.17, 15) is 14.4 Å². The minimum absolute atomic E-state index is 0.114. The van der Waals surface area contributed by atoms with Crippen LogP contribution in [0.5, 0.6) is 0 Å². The Labute approximate surface area is 386 Å². The molecule has 0 aliphatic rings. The molecule has 0 aliphatic heterocycles. The predicted octanol–water partition coefficient (Wildman–Crippen LogP) is 16.5. The first-order valence-corrected chi connectivity index (χ1v) is 25.0. The molecule has 1 atom stereocenters. The first-order chi connectivity index (χ1) is 31.0. The summed E-state index contributed by atoms with van der Waals surface area (Å²) in [6, 6.07) is 0. The molecule has 0 fully saturated rings. The molecule has 6 heteroatoms. The maximum absolute atomic E-state index is 12.8. The van der Waals surface area contributed by atoms with Crippen molar-refractivity contribution in [3.05, 3.63) is 122 Å². The highest BCUT2D eigenvalue weighted by Crippen LogP contribution is 2.12. The second-order valence-electron chi connectivity index (χ2n) is 16.0. The zero-order valence-corrected chi connectivity index (χ0v) is 40.3. The van der Waals surface area contributed by atoms with Gasteiger partial charge in [-0.3, -0.25) is 14.4 Å². The van der Waals surface area contributed by atoms with Crippen molar-refractivity contribution in [2.24, 2.45) is 0 Å². The molecule has 63 heavy (non-hydrogen) atoms. The molecule has 0 aromatic heterocycles. The van der Waals surface area contributed by atoms with E-state index in [0.29, 0.717) is 12.8 Å². The van der Waals surface area contributed by atoms with Crippen LogP contribution in [-0.2, 0) is 28.6 Å². The second-order valence-corrected chi connectivity index (χ2v) is 16.0. The van der Waals surface area contributed by atoms with E-state index in [2.05, 4.69) is 142 Å². The average Bonchev–Trinajstić information content (AvgIpc) is 3.28. The SMILES string of the molecule is CC/C=C\C/C=C\C/C=C\C/C=C\C/C=C\CCCC(=O)OC[C@H](COC(=O)CCCCCCC/C=C\CCCC)OC(=O)CCCCCC/C=C\C/C=C\C/C=C\C/C=C\CC. The highest BCUT2D eigenvalue weighted by atomic mass is 16.6. The summed E-state index contributed by atoms with van der Waals surface area (Å²) in [7, 11) is 0. The third kappa shape index (κ3) is 48.7. The summed E-state index contributed by atoms with van der Waals surface area (Å²) in [5, 5.41) is 0. The van der Waals surface area contributed by atoms with Crippen LogP contribution in [-0.4, -0.2) is 37.2 Å². The third-order valence-electron chi connectivity index (χ3n) is 9.93. The third-order valence-corrected chi connectivity index (χ3v) is 9.93. The standard InChI is InChI=1S/C57H90O6/c1-4-7-10-13-16-19-22-24-26-28-30-32-35-38-41-44-47-50-56(59)62-53-54(52-61-55(58)49-46-43-40-37-34-21-18-15-12-9-6-3)63-57(60)51-48-45-42-39-36-33-31-29-27-25-23-20-17-14-11-8-5-2/h7-8,10-11,15-20,24-27,30-33,38,41,54H,4-6,9,12-14,21-23,28-29,34-37,39-40,42-53H2,1-3H3/b10-7-,11-8-,18-15-,19-16-,20-17-,26-24-,27-25-,32-30-,33-31-,41-38-/t54-/m0/s1. The van der Waals surface area contributed by atoms with Crippen LogP contribution in [0.1, 0.15) is 201 Å². The van der Waals surface area contributed by atoms with Gasteiger partial charge in [0.1, 0.15) is 13.2 Å². The van der Waals surface area contributed by atoms with Gasteiger partial charge in [-0.25, -0.2) is 0 Å². The number of hydrogen-bond donors (Lipinski definition) is 0. The monoisotopic (exact) mass is 871 g/mol. The van der Waals surface area contributed by atoms with Crippen LogP contribution >= 0.6 is 0 Å². The molecule has 0 aromatic carbocycles. The zero-order valence-electron chi connectivity index (χ0n) is 40.3. The maximum atomic E-state index is 12.8. The van der Waals surface area contributed by atoms with Gasteiger partial charge in [0.05, 0.1) is 0 Å². The Hall–Kier alpha value is -4.19. The van der Waals surface area contributed by atoms with Crippen LogP contribution in [0.15, 0.2) is 122 Å². The molecule has 0 unspecified atom stereocenters. The highest BCUT2D eigenvalue weighted by Gasteiger charge is 2.19. The smallest absolute Gasteiger partial charge is 0.306 e. The van der Waals surface area contributed by atoms with Gasteiger partial charge < -0.3 is 14.2 Å². The molecule has 0 rings (SSSR count). The van der Waals surface area contributed by atoms with Gasteiger partial charge in [0.2, 0.25) is 0 Å². The number of esters is 3. The number of carbonyl (C=O) groups excluding carboxylic acids is 3. The van der Waals surface area contributed by atoms with Crippen LogP contribution in [0.25, 0.3) is 0 Å². The minimum Gasteiger partial charge on any atom is -0.462 e. The van der Waals surface area contributed by atoms with Crippen molar-refractivity contribution in [2.75, 3.05) is 13.2 Å². The number of rotatable bonds is 43. The fourth-order valence-electron chi connectivity index (χ4n) is 6.21. The summed E-state index contributed by atoms with van der Waals surface area (Å²) in [6.07, 6.45) is 69.0. The van der Waals surface area contributed by atoms with Crippen molar-refractivity contribution >= 4 is 17.9 Å². The highest BCUT2D eigenvalue weighted by molar-refractivity contribution is 5.71. The van der Waals surface area contributed by atoms with E-state index in [1.807, 2.05) is 0 Å². The van der Waals surface area contributed by atoms with Crippen molar-refractivity contribution in [3.63, 3.8) is 0 Å². The average molecular weight is 871 g/mol. The Morgan fingerprint density at radius 2 is 0.635 bits per heavy atom. The van der Waals surface area contributed by atoms with Crippen molar-refractivity contribution < 1.29 is 28.6 Å². The number of hydrogen-bond acceptors (Lipinski definition) is 6. The summed E-state index contributed by atoms with van der Waals surface area (Å²) in [4.78, 5) is 37.9. The van der Waals surface area contributed by atoms with Crippen LogP contribution in [0.3, 0.4) is 0 Å². The molecule has 0 N–H and O–H groups in total. The lowest BCUT2D eigenvalue weighted by atomic mass is 10.1. The van der Waals surface area contributed by atoms with E-state index in [-0.39, 0.29) is 44.0 Å². The Bertz CT molecular complexity index is 1370.